The van der Waals surface area contributed by atoms with Gasteiger partial charge in [0.2, 0.25) is 11.5 Å². The summed E-state index contributed by atoms with van der Waals surface area (Å²) in [6, 6.07) is 16.4. The summed E-state index contributed by atoms with van der Waals surface area (Å²) >= 11 is 0. The quantitative estimate of drug-likeness (QED) is 0.0186. The number of benzene rings is 4. The second-order valence-electron chi connectivity index (χ2n) is 41.6. The van der Waals surface area contributed by atoms with Crippen LogP contribution in [0.15, 0.2) is 70.6 Å². The maximum absolute atomic E-state index is 14.6. The Bertz CT molecular complexity index is 3200. The number of carbonyl (C=O) groups excluding carboxylic acids is 2. The molecule has 0 amide bonds. The van der Waals surface area contributed by atoms with Crippen molar-refractivity contribution in [1.29, 1.82) is 0 Å². The smallest absolute Gasteiger partial charge is 0.343 e. The molecule has 0 bridgehead atoms. The second-order valence-corrected chi connectivity index (χ2v) is 41.6. The number of phenolic OH excluding ortho intramolecular Hbond substituents is 2. The van der Waals surface area contributed by atoms with E-state index >= 15 is 0 Å². The van der Waals surface area contributed by atoms with E-state index in [1.807, 2.05) is 0 Å². The molecular formula is C126H216N2O12. The first kappa shape index (κ1) is 126. The molecular weight excluding hydrogens is 1730 g/mol. The van der Waals surface area contributed by atoms with Crippen LogP contribution in [-0.2, 0) is 0 Å². The molecule has 4 rings (SSSR count). The molecule has 0 fully saturated rings. The van der Waals surface area contributed by atoms with Crippen molar-refractivity contribution in [2.24, 2.45) is 9.98 Å². The summed E-state index contributed by atoms with van der Waals surface area (Å²) in [6.45, 7) is 17.2. The maximum atomic E-state index is 14.6. The fourth-order valence-electron chi connectivity index (χ4n) is 19.1. The summed E-state index contributed by atoms with van der Waals surface area (Å²) in [5.41, 5.74) is 1.30. The van der Waals surface area contributed by atoms with Gasteiger partial charge in [-0.1, -0.05) is 542 Å². The molecule has 4 aromatic rings. The topological polar surface area (TPSA) is 173 Å². The minimum absolute atomic E-state index is 0.0281. The van der Waals surface area contributed by atoms with Crippen LogP contribution in [0.2, 0.25) is 0 Å². The molecule has 14 nitrogen and oxygen atoms in total. The van der Waals surface area contributed by atoms with E-state index in [0.717, 1.165) is 77.0 Å². The third-order valence-corrected chi connectivity index (χ3v) is 28.3. The number of unbranched alkanes of at least 4 members (excludes halogenated alkanes) is 78. The lowest BCUT2D eigenvalue weighted by Crippen LogP contribution is -2.12. The second kappa shape index (κ2) is 94.8. The number of esters is 2. The number of aromatic hydroxyl groups is 2. The Kier molecular flexibility index (Phi) is 85.2. The predicted octanol–water partition coefficient (Wildman–Crippen LogP) is 40.2. The van der Waals surface area contributed by atoms with Gasteiger partial charge < -0.3 is 48.1 Å². The van der Waals surface area contributed by atoms with Crippen LogP contribution in [0.1, 0.15) is 613 Å². The van der Waals surface area contributed by atoms with Crippen LogP contribution in [-0.4, -0.2) is 87.3 Å². The van der Waals surface area contributed by atoms with Crippen LogP contribution < -0.4 is 37.9 Å². The van der Waals surface area contributed by atoms with E-state index in [1.165, 1.54) is 474 Å². The Morgan fingerprint density at radius 1 is 0.214 bits per heavy atom. The molecule has 14 heteroatoms. The van der Waals surface area contributed by atoms with Crippen molar-refractivity contribution in [3.8, 4) is 57.5 Å². The highest BCUT2D eigenvalue weighted by molar-refractivity contribution is 5.94. The zero-order valence-corrected chi connectivity index (χ0v) is 91.9. The van der Waals surface area contributed by atoms with Crippen LogP contribution in [0.25, 0.3) is 0 Å². The van der Waals surface area contributed by atoms with Gasteiger partial charge in [-0.15, -0.1) is 0 Å². The number of rotatable bonds is 105. The van der Waals surface area contributed by atoms with Gasteiger partial charge >= 0.3 is 11.9 Å². The average Bonchev–Trinajstić information content (AvgIpc) is 0.812. The predicted molar refractivity (Wildman–Crippen MR) is 599 cm³/mol. The van der Waals surface area contributed by atoms with Gasteiger partial charge in [-0.05, 0) is 99.2 Å². The Labute approximate surface area is 860 Å². The number of hydrogen-bond acceptors (Lipinski definition) is 14. The molecule has 2 N–H and O–H groups in total. The molecule has 0 aromatic heterocycles. The molecule has 0 radical (unpaired) electrons. The zero-order valence-electron chi connectivity index (χ0n) is 91.9. The number of ether oxygens (including phenoxy) is 8. The van der Waals surface area contributed by atoms with Gasteiger partial charge in [-0.25, -0.2) is 9.59 Å². The molecule has 0 aliphatic rings. The van der Waals surface area contributed by atoms with E-state index in [1.54, 1.807) is 61.0 Å². The number of aliphatic imine (C=N–C) groups is 2. The monoisotopic (exact) mass is 1950 g/mol. The Morgan fingerprint density at radius 2 is 0.371 bits per heavy atom. The Hall–Kier alpha value is -6.44. The normalized spacial score (nSPS) is 11.6. The summed E-state index contributed by atoms with van der Waals surface area (Å²) in [7, 11) is 0. The number of phenols is 2. The van der Waals surface area contributed by atoms with Crippen LogP contribution in [0, 0.1) is 0 Å². The van der Waals surface area contributed by atoms with Gasteiger partial charge in [0.15, 0.2) is 23.0 Å². The van der Waals surface area contributed by atoms with Crippen molar-refractivity contribution < 1.29 is 57.7 Å². The van der Waals surface area contributed by atoms with Gasteiger partial charge in [0, 0.05) is 23.6 Å². The first-order valence-electron chi connectivity index (χ1n) is 60.4. The SMILES string of the molecule is CCCCCCCCCCCCCCCCOc1cc(C(=O)Oc2ccc(O)c(C=NCCN=Cc3cc(OC(=O)c4cc(OCCCCCCCCCCCCCCCC)c(OCCCCCCCCCCCCCCCC)c(OCCCCCCCCCCCCCCCC)c4)ccc3O)c2)cc(OCCCCCCCCCCCCCCCC)c1OCCCCCCCCCCCCCCCC. The summed E-state index contributed by atoms with van der Waals surface area (Å²) < 4.78 is 52.6. The highest BCUT2D eigenvalue weighted by Gasteiger charge is 2.24. The van der Waals surface area contributed by atoms with Crippen molar-refractivity contribution in [2.45, 2.75) is 581 Å². The van der Waals surface area contributed by atoms with E-state index in [4.69, 9.17) is 37.9 Å². The summed E-state index contributed by atoms with van der Waals surface area (Å²) in [6.07, 6.45) is 110. The molecule has 0 unspecified atom stereocenters. The van der Waals surface area contributed by atoms with Crippen LogP contribution >= 0.6 is 0 Å². The molecule has 0 aliphatic carbocycles. The molecule has 0 atom stereocenters. The third-order valence-electron chi connectivity index (χ3n) is 28.3. The van der Waals surface area contributed by atoms with Crippen molar-refractivity contribution in [3.63, 3.8) is 0 Å². The summed E-state index contributed by atoms with van der Waals surface area (Å²) in [4.78, 5) is 38.4. The highest BCUT2D eigenvalue weighted by atomic mass is 16.6. The molecule has 0 heterocycles. The van der Waals surface area contributed by atoms with Crippen molar-refractivity contribution in [2.75, 3.05) is 52.7 Å². The summed E-state index contributed by atoms with van der Waals surface area (Å²) in [5.74, 6) is 2.31. The molecule has 4 aromatic carbocycles. The minimum atomic E-state index is -0.588. The zero-order chi connectivity index (χ0) is 99.8. The van der Waals surface area contributed by atoms with Crippen LogP contribution in [0.3, 0.4) is 0 Å². The first-order valence-corrected chi connectivity index (χ1v) is 60.4. The number of nitrogens with zero attached hydrogens (tertiary/aromatic N) is 2. The van der Waals surface area contributed by atoms with Gasteiger partial charge in [0.1, 0.15) is 23.0 Å². The Balaban J connectivity index is 1.50. The lowest BCUT2D eigenvalue weighted by molar-refractivity contribution is 0.0724. The Morgan fingerprint density at radius 3 is 0.543 bits per heavy atom. The molecule has 0 spiro atoms. The molecule has 0 saturated carbocycles. The van der Waals surface area contributed by atoms with Gasteiger partial charge in [0.25, 0.3) is 0 Å². The van der Waals surface area contributed by atoms with Crippen LogP contribution in [0.5, 0.6) is 57.5 Å². The standard InChI is InChI=1S/C126H216N2O12/c1-7-13-19-25-31-37-43-49-55-61-67-73-79-85-97-133-119-105-111(106-120(134-98-86-80-74-68-62-56-50-44-38-32-26-20-14-8-2)123(119)137-101-89-83-77-71-65-59-53-47-41-35-29-23-17-11-5)125(131)139-115-91-93-117(129)113(103-115)109-127-95-96-128-110-114-104-116(92-94-118(114)130)140-126(132)112-107-121(135-99-87-81-75-69-63-57-51-45-39-33-27-21-15-9-3)124(138-102-90-84-78-72-66-60-54-48-42-36-30-24-18-12-6)122(108-112)136-100-88-82-76-70-64-58-52-46-40-34-28-22-16-10-4/h91-94,103-110,129-130H,7-90,95-102H2,1-6H3. The molecule has 0 saturated heterocycles. The van der Waals surface area contributed by atoms with Crippen molar-refractivity contribution in [1.82, 2.24) is 0 Å². The number of hydrogen-bond donors (Lipinski definition) is 2. The lowest BCUT2D eigenvalue weighted by Gasteiger charge is -2.19. The molecule has 0 aliphatic heterocycles. The van der Waals surface area contributed by atoms with Crippen molar-refractivity contribution >= 4 is 24.4 Å². The van der Waals surface area contributed by atoms with Gasteiger partial charge in [-0.3, -0.25) is 9.98 Å². The van der Waals surface area contributed by atoms with E-state index in [9.17, 15) is 19.8 Å². The molecule has 802 valence electrons. The van der Waals surface area contributed by atoms with E-state index in [2.05, 4.69) is 51.5 Å². The highest BCUT2D eigenvalue weighted by Crippen LogP contribution is 2.43. The average molecular weight is 1950 g/mol. The van der Waals surface area contributed by atoms with Gasteiger partial charge in [-0.2, -0.15) is 0 Å². The molecule has 140 heavy (non-hydrogen) atoms. The lowest BCUT2D eigenvalue weighted by atomic mass is 10.0. The van der Waals surface area contributed by atoms with Crippen molar-refractivity contribution in [3.05, 3.63) is 82.9 Å². The fraction of sp³-hybridized carbons (Fsp3) is 0.778. The van der Waals surface area contributed by atoms with Crippen LogP contribution in [0.4, 0.5) is 0 Å². The number of carbonyl (C=O) groups is 2. The van der Waals surface area contributed by atoms with Gasteiger partial charge in [0.05, 0.1) is 63.9 Å². The maximum Gasteiger partial charge on any atom is 0.343 e. The van der Waals surface area contributed by atoms with E-state index in [-0.39, 0.29) is 47.2 Å². The first-order chi connectivity index (χ1) is 69.1. The minimum Gasteiger partial charge on any atom is -0.507 e. The third kappa shape index (κ3) is 70.3. The van der Waals surface area contributed by atoms with E-state index in [0.29, 0.717) is 85.3 Å². The largest absolute Gasteiger partial charge is 0.507 e. The van der Waals surface area contributed by atoms with E-state index < -0.39 is 11.9 Å². The summed E-state index contributed by atoms with van der Waals surface area (Å²) in [5, 5.41) is 22.4. The fourth-order valence-corrected chi connectivity index (χ4v) is 19.1.